The summed E-state index contributed by atoms with van der Waals surface area (Å²) in [6, 6.07) is 29.1. The zero-order valence-corrected chi connectivity index (χ0v) is 26.3. The van der Waals surface area contributed by atoms with Gasteiger partial charge in [-0.2, -0.15) is 0 Å². The van der Waals surface area contributed by atoms with E-state index < -0.39 is 11.9 Å². The Balaban J connectivity index is 1.39. The van der Waals surface area contributed by atoms with Crippen molar-refractivity contribution in [3.63, 3.8) is 0 Å². The van der Waals surface area contributed by atoms with Crippen molar-refractivity contribution in [1.29, 1.82) is 0 Å². The fourth-order valence-corrected chi connectivity index (χ4v) is 6.06. The molecule has 5 aromatic carbocycles. The van der Waals surface area contributed by atoms with Crippen LogP contribution < -0.4 is 14.2 Å². The van der Waals surface area contributed by atoms with Gasteiger partial charge >= 0.3 is 11.9 Å². The number of aryl methyl sites for hydroxylation is 1. The molecule has 0 saturated heterocycles. The highest BCUT2D eigenvalue weighted by Crippen LogP contribution is 2.52. The first-order chi connectivity index (χ1) is 23.0. The van der Waals surface area contributed by atoms with Crippen molar-refractivity contribution in [2.75, 3.05) is 26.4 Å². The van der Waals surface area contributed by atoms with Gasteiger partial charge in [-0.25, -0.2) is 9.59 Å². The summed E-state index contributed by atoms with van der Waals surface area (Å²) in [5.41, 5.74) is 4.65. The summed E-state index contributed by atoms with van der Waals surface area (Å²) in [5.74, 6) is 1.93. The lowest BCUT2D eigenvalue weighted by molar-refractivity contribution is -0.139. The van der Waals surface area contributed by atoms with Crippen LogP contribution in [0.1, 0.15) is 41.5 Å². The van der Waals surface area contributed by atoms with E-state index >= 15 is 0 Å². The van der Waals surface area contributed by atoms with E-state index in [1.54, 1.807) is 0 Å². The highest BCUT2D eigenvalue weighted by molar-refractivity contribution is 5.96. The molecule has 5 aromatic rings. The molecule has 1 aliphatic rings. The number of ether oxygens (including phenoxy) is 5. The Hall–Kier alpha value is -5.56. The molecule has 0 radical (unpaired) electrons. The largest absolute Gasteiger partial charge is 0.490 e. The Morgan fingerprint density at radius 2 is 1.19 bits per heavy atom. The van der Waals surface area contributed by atoms with Crippen LogP contribution in [-0.2, 0) is 25.5 Å². The van der Waals surface area contributed by atoms with Crippen molar-refractivity contribution in [2.45, 2.75) is 25.7 Å². The molecule has 0 fully saturated rings. The van der Waals surface area contributed by atoms with E-state index in [1.807, 2.05) is 48.5 Å². The smallest absolute Gasteiger partial charge is 0.330 e. The van der Waals surface area contributed by atoms with Gasteiger partial charge in [0.15, 0.2) is 0 Å². The van der Waals surface area contributed by atoms with Crippen LogP contribution in [0.2, 0.25) is 0 Å². The predicted octanol–water partition coefficient (Wildman–Crippen LogP) is 8.45. The van der Waals surface area contributed by atoms with E-state index in [9.17, 15) is 9.59 Å². The second kappa shape index (κ2) is 14.3. The number of carbonyl (C=O) groups excluding carboxylic acids is 2. The van der Waals surface area contributed by atoms with Crippen LogP contribution in [-0.4, -0.2) is 38.4 Å². The molecule has 1 aliphatic heterocycles. The van der Waals surface area contributed by atoms with Gasteiger partial charge in [0.2, 0.25) is 0 Å². The third-order valence-corrected chi connectivity index (χ3v) is 8.16. The van der Waals surface area contributed by atoms with Crippen LogP contribution in [0.4, 0.5) is 0 Å². The molecule has 7 heteroatoms. The highest BCUT2D eigenvalue weighted by Gasteiger charge is 2.32. The average molecular weight is 629 g/mol. The molecule has 6 rings (SSSR count). The SMILES string of the molecule is C=CC(=O)OCCOc1ccc2c3c(ccc2c1)Oc1ccc2cc(OCCOC(=O)C=C)ccc2c1C3c1ccc(CCC)cc1. The van der Waals surface area contributed by atoms with Crippen molar-refractivity contribution in [2.24, 2.45) is 0 Å². The summed E-state index contributed by atoms with van der Waals surface area (Å²) in [6.07, 6.45) is 4.38. The Morgan fingerprint density at radius 3 is 1.66 bits per heavy atom. The molecule has 0 amide bonds. The number of fused-ring (bicyclic) bond motifs is 6. The second-order valence-electron chi connectivity index (χ2n) is 11.2. The number of hydrogen-bond acceptors (Lipinski definition) is 7. The molecule has 0 aliphatic carbocycles. The van der Waals surface area contributed by atoms with Crippen molar-refractivity contribution in [3.05, 3.63) is 132 Å². The highest BCUT2D eigenvalue weighted by atomic mass is 16.6. The summed E-state index contributed by atoms with van der Waals surface area (Å²) in [6.45, 7) is 9.76. The number of hydrogen-bond donors (Lipinski definition) is 0. The second-order valence-corrected chi connectivity index (χ2v) is 11.2. The lowest BCUT2D eigenvalue weighted by atomic mass is 9.78. The third-order valence-electron chi connectivity index (χ3n) is 8.16. The van der Waals surface area contributed by atoms with Crippen molar-refractivity contribution in [1.82, 2.24) is 0 Å². The molecule has 0 saturated carbocycles. The number of benzene rings is 5. The Bertz CT molecular complexity index is 1840. The molecule has 0 spiro atoms. The lowest BCUT2D eigenvalue weighted by Crippen LogP contribution is -2.13. The maximum absolute atomic E-state index is 11.4. The molecule has 0 N–H and O–H groups in total. The summed E-state index contributed by atoms with van der Waals surface area (Å²) in [4.78, 5) is 22.7. The maximum atomic E-state index is 11.4. The fourth-order valence-electron chi connectivity index (χ4n) is 6.06. The molecule has 47 heavy (non-hydrogen) atoms. The summed E-state index contributed by atoms with van der Waals surface area (Å²) in [5, 5.41) is 4.15. The van der Waals surface area contributed by atoms with E-state index in [4.69, 9.17) is 23.7 Å². The molecular formula is C40H36O7. The first-order valence-electron chi connectivity index (χ1n) is 15.7. The molecule has 238 valence electrons. The molecule has 0 aromatic heterocycles. The van der Waals surface area contributed by atoms with Gasteiger partial charge in [-0.3, -0.25) is 0 Å². The van der Waals surface area contributed by atoms with Gasteiger partial charge in [-0.05, 0) is 75.5 Å². The lowest BCUT2D eigenvalue weighted by Gasteiger charge is -2.31. The Morgan fingerprint density at radius 1 is 0.681 bits per heavy atom. The third kappa shape index (κ3) is 6.84. The van der Waals surface area contributed by atoms with Gasteiger partial charge in [0, 0.05) is 29.2 Å². The molecule has 7 nitrogen and oxygen atoms in total. The average Bonchev–Trinajstić information content (AvgIpc) is 3.10. The zero-order valence-electron chi connectivity index (χ0n) is 26.3. The number of esters is 2. The van der Waals surface area contributed by atoms with Crippen molar-refractivity contribution >= 4 is 33.5 Å². The van der Waals surface area contributed by atoms with Crippen LogP contribution in [0.15, 0.2) is 110 Å². The molecule has 0 atom stereocenters. The minimum Gasteiger partial charge on any atom is -0.490 e. The topological polar surface area (TPSA) is 80.3 Å². The quantitative estimate of drug-likeness (QED) is 0.0721. The molecule has 0 unspecified atom stereocenters. The van der Waals surface area contributed by atoms with Crippen LogP contribution in [0.5, 0.6) is 23.0 Å². The van der Waals surface area contributed by atoms with Crippen LogP contribution >= 0.6 is 0 Å². The van der Waals surface area contributed by atoms with Gasteiger partial charge in [-0.1, -0.05) is 75.0 Å². The Labute approximate surface area is 274 Å². The van der Waals surface area contributed by atoms with Crippen molar-refractivity contribution < 1.29 is 33.3 Å². The number of rotatable bonds is 13. The number of carbonyl (C=O) groups is 2. The van der Waals surface area contributed by atoms with Crippen LogP contribution in [0.3, 0.4) is 0 Å². The standard InChI is InChI=1S/C40H36O7/c1-4-7-26-8-10-27(11-9-26)38-39-32-16-14-30(43-20-22-45-36(41)5-2)24-28(32)12-18-34(39)47-35-19-13-29-25-31(15-17-33(29)40(35)38)44-21-23-46-37(42)6-3/h5-6,8-19,24-25,38H,2-4,7,20-23H2,1H3. The van der Waals surface area contributed by atoms with Crippen LogP contribution in [0, 0.1) is 0 Å². The normalized spacial score (nSPS) is 12.0. The van der Waals surface area contributed by atoms with Gasteiger partial charge < -0.3 is 23.7 Å². The first kappa shape index (κ1) is 31.4. The van der Waals surface area contributed by atoms with E-state index in [-0.39, 0.29) is 32.3 Å². The van der Waals surface area contributed by atoms with E-state index in [1.165, 1.54) is 11.1 Å². The zero-order chi connectivity index (χ0) is 32.8. The summed E-state index contributed by atoms with van der Waals surface area (Å²) < 4.78 is 28.5. The predicted molar refractivity (Wildman–Crippen MR) is 183 cm³/mol. The minimum absolute atomic E-state index is 0.105. The van der Waals surface area contributed by atoms with Crippen molar-refractivity contribution in [3.8, 4) is 23.0 Å². The first-order valence-corrected chi connectivity index (χ1v) is 15.7. The van der Waals surface area contributed by atoms with E-state index in [0.717, 1.165) is 69.2 Å². The summed E-state index contributed by atoms with van der Waals surface area (Å²) >= 11 is 0. The summed E-state index contributed by atoms with van der Waals surface area (Å²) in [7, 11) is 0. The molecule has 1 heterocycles. The monoisotopic (exact) mass is 628 g/mol. The van der Waals surface area contributed by atoms with E-state index in [2.05, 4.69) is 56.5 Å². The van der Waals surface area contributed by atoms with E-state index in [0.29, 0.717) is 11.5 Å². The van der Waals surface area contributed by atoms with Crippen LogP contribution in [0.25, 0.3) is 21.5 Å². The van der Waals surface area contributed by atoms with Gasteiger partial charge in [0.05, 0.1) is 0 Å². The maximum Gasteiger partial charge on any atom is 0.330 e. The van der Waals surface area contributed by atoms with Gasteiger partial charge in [0.1, 0.15) is 49.4 Å². The Kier molecular flexibility index (Phi) is 9.53. The molecular weight excluding hydrogens is 592 g/mol. The minimum atomic E-state index is -0.476. The molecule has 0 bridgehead atoms. The fraction of sp³-hybridized carbons (Fsp3) is 0.200. The van der Waals surface area contributed by atoms with Gasteiger partial charge in [-0.15, -0.1) is 0 Å². The van der Waals surface area contributed by atoms with Gasteiger partial charge in [0.25, 0.3) is 0 Å².